The Labute approximate surface area is 192 Å². The molecule has 1 aliphatic rings. The number of phenolic OH excluding ortho intramolecular Hbond substituents is 1. The zero-order valence-corrected chi connectivity index (χ0v) is 18.7. The molecule has 7 heteroatoms. The highest BCUT2D eigenvalue weighted by molar-refractivity contribution is 9.10. The van der Waals surface area contributed by atoms with Crippen molar-refractivity contribution in [3.8, 4) is 5.75 Å². The zero-order valence-electron chi connectivity index (χ0n) is 15.5. The molecule has 0 spiro atoms. The lowest BCUT2D eigenvalue weighted by Gasteiger charge is -2.32. The molecule has 150 valence electrons. The summed E-state index contributed by atoms with van der Waals surface area (Å²) in [5, 5.41) is 17.0. The summed E-state index contributed by atoms with van der Waals surface area (Å²) in [5.74, 6) is -0.192. The van der Waals surface area contributed by atoms with Gasteiger partial charge in [0.15, 0.2) is 10.9 Å². The predicted molar refractivity (Wildman–Crippen MR) is 127 cm³/mol. The van der Waals surface area contributed by atoms with E-state index in [-0.39, 0.29) is 16.6 Å². The molecule has 3 aromatic carbocycles. The Hall–Kier alpha value is -2.67. The molecule has 0 unspecified atom stereocenters. The van der Waals surface area contributed by atoms with Crippen LogP contribution in [0.3, 0.4) is 0 Å². The van der Waals surface area contributed by atoms with Gasteiger partial charge in [-0.05, 0) is 51.4 Å². The summed E-state index contributed by atoms with van der Waals surface area (Å²) in [4.78, 5) is 13.6. The van der Waals surface area contributed by atoms with Crippen molar-refractivity contribution in [2.24, 2.45) is 0 Å². The van der Waals surface area contributed by atoms with Crippen LogP contribution in [0.1, 0.15) is 27.5 Å². The SMILES string of the molecule is O=C(C1=C(c2ccccc2)NC(=S)N[C@H]1c1cc(Cl)c(O)c(Br)c1)c1ccccc1. The minimum absolute atomic E-state index is 0.0554. The monoisotopic (exact) mass is 498 g/mol. The third-order valence-corrected chi connectivity index (χ3v) is 5.90. The number of carbonyl (C=O) groups is 1. The Balaban J connectivity index is 1.96. The van der Waals surface area contributed by atoms with Crippen LogP contribution in [-0.4, -0.2) is 16.0 Å². The fourth-order valence-corrected chi connectivity index (χ4v) is 4.43. The van der Waals surface area contributed by atoms with Gasteiger partial charge in [0.2, 0.25) is 0 Å². The van der Waals surface area contributed by atoms with Crippen molar-refractivity contribution in [2.75, 3.05) is 0 Å². The molecule has 0 aromatic heterocycles. The van der Waals surface area contributed by atoms with Gasteiger partial charge in [-0.2, -0.15) is 0 Å². The van der Waals surface area contributed by atoms with Crippen LogP contribution in [0, 0.1) is 0 Å². The number of halogens is 2. The van der Waals surface area contributed by atoms with Crippen LogP contribution in [0.4, 0.5) is 0 Å². The van der Waals surface area contributed by atoms with Crippen LogP contribution in [0.5, 0.6) is 5.75 Å². The van der Waals surface area contributed by atoms with E-state index in [0.717, 1.165) is 5.56 Å². The second-order valence-electron chi connectivity index (χ2n) is 6.71. The number of nitrogens with one attached hydrogen (secondary N) is 2. The van der Waals surface area contributed by atoms with Crippen molar-refractivity contribution in [2.45, 2.75) is 6.04 Å². The lowest BCUT2D eigenvalue weighted by molar-refractivity contribution is 0.102. The van der Waals surface area contributed by atoms with Crippen molar-refractivity contribution < 1.29 is 9.90 Å². The highest BCUT2D eigenvalue weighted by Gasteiger charge is 2.33. The molecule has 3 aromatic rings. The number of phenols is 1. The Morgan fingerprint density at radius 1 is 1.03 bits per heavy atom. The van der Waals surface area contributed by atoms with Crippen LogP contribution < -0.4 is 10.6 Å². The molecule has 0 aliphatic carbocycles. The van der Waals surface area contributed by atoms with E-state index >= 15 is 0 Å². The molecule has 0 saturated heterocycles. The first kappa shape index (κ1) is 20.6. The van der Waals surface area contributed by atoms with Crippen LogP contribution in [0.25, 0.3) is 5.70 Å². The molecule has 4 nitrogen and oxygen atoms in total. The maximum absolute atomic E-state index is 13.6. The standard InChI is InChI=1S/C23H16BrClN2O2S/c24-16-11-15(12-17(25)22(16)29)20-18(21(28)14-9-5-2-6-10-14)19(26-23(30)27-20)13-7-3-1-4-8-13/h1-12,20,29H,(H2,26,27,30)/t20-/m0/s1. The summed E-state index contributed by atoms with van der Waals surface area (Å²) in [6.07, 6.45) is 0. The smallest absolute Gasteiger partial charge is 0.193 e. The maximum Gasteiger partial charge on any atom is 0.193 e. The van der Waals surface area contributed by atoms with Gasteiger partial charge in [0.05, 0.1) is 26.8 Å². The molecule has 0 amide bonds. The lowest BCUT2D eigenvalue weighted by atomic mass is 9.87. The van der Waals surface area contributed by atoms with Gasteiger partial charge in [-0.1, -0.05) is 72.3 Å². The summed E-state index contributed by atoms with van der Waals surface area (Å²) in [6, 6.07) is 21.4. The number of aromatic hydroxyl groups is 1. The van der Waals surface area contributed by atoms with Crippen molar-refractivity contribution >= 4 is 56.3 Å². The summed E-state index contributed by atoms with van der Waals surface area (Å²) in [6.45, 7) is 0. The first-order chi connectivity index (χ1) is 14.5. The van der Waals surface area contributed by atoms with Gasteiger partial charge in [-0.15, -0.1) is 0 Å². The number of hydrogen-bond acceptors (Lipinski definition) is 3. The van der Waals surface area contributed by atoms with E-state index in [0.29, 0.717) is 32.0 Å². The predicted octanol–water partition coefficient (Wildman–Crippen LogP) is 5.62. The van der Waals surface area contributed by atoms with Gasteiger partial charge in [-0.3, -0.25) is 4.79 Å². The summed E-state index contributed by atoms with van der Waals surface area (Å²) in [5.41, 5.74) is 3.25. The third-order valence-electron chi connectivity index (χ3n) is 4.79. The Bertz CT molecular complexity index is 1140. The van der Waals surface area contributed by atoms with E-state index in [1.165, 1.54) is 0 Å². The first-order valence-corrected chi connectivity index (χ1v) is 10.7. The van der Waals surface area contributed by atoms with Crippen LogP contribution >= 0.6 is 39.7 Å². The van der Waals surface area contributed by atoms with Crippen molar-refractivity contribution in [3.63, 3.8) is 0 Å². The van der Waals surface area contributed by atoms with Gasteiger partial charge < -0.3 is 15.7 Å². The quantitative estimate of drug-likeness (QED) is 0.321. The molecule has 4 rings (SSSR count). The van der Waals surface area contributed by atoms with Gasteiger partial charge in [0.25, 0.3) is 0 Å². The number of rotatable bonds is 4. The third kappa shape index (κ3) is 3.99. The van der Waals surface area contributed by atoms with Crippen LogP contribution in [0.15, 0.2) is 82.8 Å². The number of Topliss-reactive ketones (excluding diaryl/α,β-unsaturated/α-hetero) is 1. The first-order valence-electron chi connectivity index (χ1n) is 9.10. The molecular formula is C23H16BrClN2O2S. The topological polar surface area (TPSA) is 61.4 Å². The molecule has 3 N–H and O–H groups in total. The Kier molecular flexibility index (Phi) is 5.90. The highest BCUT2D eigenvalue weighted by atomic mass is 79.9. The van der Waals surface area contributed by atoms with Crippen molar-refractivity contribution in [1.29, 1.82) is 0 Å². The van der Waals surface area contributed by atoms with Crippen LogP contribution in [0.2, 0.25) is 5.02 Å². The van der Waals surface area contributed by atoms with Crippen LogP contribution in [-0.2, 0) is 0 Å². The van der Waals surface area contributed by atoms with E-state index in [2.05, 4.69) is 26.6 Å². The number of carbonyl (C=O) groups excluding carboxylic acids is 1. The van der Waals surface area contributed by atoms with Crippen molar-refractivity contribution in [3.05, 3.63) is 105 Å². The second-order valence-corrected chi connectivity index (χ2v) is 8.38. The molecule has 1 heterocycles. The fourth-order valence-electron chi connectivity index (χ4n) is 3.39. The van der Waals surface area contributed by atoms with Gasteiger partial charge in [-0.25, -0.2) is 0 Å². The van der Waals surface area contributed by atoms with Gasteiger partial charge in [0, 0.05) is 5.56 Å². The van der Waals surface area contributed by atoms with E-state index in [4.69, 9.17) is 23.8 Å². The molecule has 0 bridgehead atoms. The average Bonchev–Trinajstić information content (AvgIpc) is 2.77. The fraction of sp³-hybridized carbons (Fsp3) is 0.0435. The Morgan fingerprint density at radius 2 is 1.67 bits per heavy atom. The Morgan fingerprint density at radius 3 is 2.30 bits per heavy atom. The van der Waals surface area contributed by atoms with E-state index < -0.39 is 6.04 Å². The normalized spacial score (nSPS) is 16.1. The maximum atomic E-state index is 13.6. The number of benzene rings is 3. The largest absolute Gasteiger partial charge is 0.505 e. The molecule has 1 atom stereocenters. The molecule has 0 fully saturated rings. The number of ketones is 1. The summed E-state index contributed by atoms with van der Waals surface area (Å²) < 4.78 is 0.434. The second kappa shape index (κ2) is 8.60. The number of thiocarbonyl (C=S) groups is 1. The molecule has 0 radical (unpaired) electrons. The van der Waals surface area contributed by atoms with E-state index in [1.807, 2.05) is 48.5 Å². The molecular weight excluding hydrogens is 484 g/mol. The highest BCUT2D eigenvalue weighted by Crippen LogP contribution is 2.39. The average molecular weight is 500 g/mol. The van der Waals surface area contributed by atoms with Gasteiger partial charge in [0.1, 0.15) is 5.75 Å². The lowest BCUT2D eigenvalue weighted by Crippen LogP contribution is -2.45. The molecule has 0 saturated carbocycles. The minimum atomic E-state index is -0.559. The van der Waals surface area contributed by atoms with E-state index in [9.17, 15) is 9.90 Å². The van der Waals surface area contributed by atoms with Gasteiger partial charge >= 0.3 is 0 Å². The molecule has 30 heavy (non-hydrogen) atoms. The summed E-state index contributed by atoms with van der Waals surface area (Å²) in [7, 11) is 0. The van der Waals surface area contributed by atoms with Crippen molar-refractivity contribution in [1.82, 2.24) is 10.6 Å². The minimum Gasteiger partial charge on any atom is -0.505 e. The summed E-state index contributed by atoms with van der Waals surface area (Å²) >= 11 is 15.0. The van der Waals surface area contributed by atoms with E-state index in [1.54, 1.807) is 24.3 Å². The number of hydrogen-bond donors (Lipinski definition) is 3. The zero-order chi connectivity index (χ0) is 21.3. The molecule has 1 aliphatic heterocycles.